The Hall–Kier alpha value is -1.13. The second-order valence-electron chi connectivity index (χ2n) is 3.41. The lowest BCUT2D eigenvalue weighted by Gasteiger charge is -2.11. The first-order valence-corrected chi connectivity index (χ1v) is 5.24. The maximum atomic E-state index is 5.41. The van der Waals surface area contributed by atoms with Gasteiger partial charge in [-0.3, -0.25) is 0 Å². The van der Waals surface area contributed by atoms with E-state index in [0.29, 0.717) is 0 Å². The van der Waals surface area contributed by atoms with Crippen LogP contribution in [0.5, 0.6) is 0 Å². The van der Waals surface area contributed by atoms with Gasteiger partial charge in [0.1, 0.15) is 0 Å². The van der Waals surface area contributed by atoms with Crippen LogP contribution in [0.4, 0.5) is 0 Å². The first kappa shape index (κ1) is 11.9. The van der Waals surface area contributed by atoms with Gasteiger partial charge in [0.05, 0.1) is 12.3 Å². The number of hydrogen-bond acceptors (Lipinski definition) is 3. The summed E-state index contributed by atoms with van der Waals surface area (Å²) in [4.78, 5) is 0. The van der Waals surface area contributed by atoms with E-state index in [0.717, 1.165) is 25.3 Å². The Bertz CT molecular complexity index is 296. The molecular weight excluding hydrogens is 190 g/mol. The molecule has 1 N–H and O–H groups in total. The van der Waals surface area contributed by atoms with Gasteiger partial charge in [-0.2, -0.15) is 5.10 Å². The fourth-order valence-electron chi connectivity index (χ4n) is 1.33. The summed E-state index contributed by atoms with van der Waals surface area (Å²) in [6.07, 6.45) is 5.71. The van der Waals surface area contributed by atoms with Gasteiger partial charge in [-0.15, -0.1) is 0 Å². The Kier molecular flexibility index (Phi) is 5.07. The molecule has 0 aliphatic heterocycles. The Morgan fingerprint density at radius 3 is 3.13 bits per heavy atom. The normalized spacial score (nSPS) is 12.7. The molecule has 1 aromatic rings. The summed E-state index contributed by atoms with van der Waals surface area (Å²) in [5.74, 6) is 0. The van der Waals surface area contributed by atoms with Crippen molar-refractivity contribution in [3.8, 4) is 0 Å². The molecule has 0 aliphatic rings. The van der Waals surface area contributed by atoms with Gasteiger partial charge in [0.15, 0.2) is 0 Å². The van der Waals surface area contributed by atoms with Crippen molar-refractivity contribution in [2.24, 2.45) is 0 Å². The van der Waals surface area contributed by atoms with Crippen molar-refractivity contribution in [3.63, 3.8) is 0 Å². The van der Waals surface area contributed by atoms with Crippen LogP contribution in [0, 0.1) is 0 Å². The molecule has 0 bridgehead atoms. The van der Waals surface area contributed by atoms with E-state index in [9.17, 15) is 0 Å². The highest BCUT2D eigenvalue weighted by molar-refractivity contribution is 5.17. The van der Waals surface area contributed by atoms with Gasteiger partial charge in [-0.05, 0) is 13.8 Å². The van der Waals surface area contributed by atoms with Crippen molar-refractivity contribution in [2.45, 2.75) is 26.5 Å². The van der Waals surface area contributed by atoms with Gasteiger partial charge in [-0.25, -0.2) is 4.68 Å². The fourth-order valence-corrected chi connectivity index (χ4v) is 1.33. The fraction of sp³-hybridized carbons (Fsp3) is 0.545. The van der Waals surface area contributed by atoms with Crippen LogP contribution in [-0.2, 0) is 11.3 Å². The van der Waals surface area contributed by atoms with Crippen LogP contribution >= 0.6 is 0 Å². The number of ether oxygens (including phenoxy) is 1. The molecule has 1 aromatic heterocycles. The molecule has 0 aliphatic carbocycles. The lowest BCUT2D eigenvalue weighted by atomic mass is 10.3. The third-order valence-electron chi connectivity index (χ3n) is 2.05. The predicted molar refractivity (Wildman–Crippen MR) is 61.4 cm³/mol. The highest BCUT2D eigenvalue weighted by Crippen LogP contribution is 1.97. The summed E-state index contributed by atoms with van der Waals surface area (Å²) in [6.45, 7) is 10.1. The Labute approximate surface area is 90.9 Å². The smallest absolute Gasteiger partial charge is 0.0671 e. The summed E-state index contributed by atoms with van der Waals surface area (Å²) in [5.41, 5.74) is 1.15. The first-order valence-electron chi connectivity index (χ1n) is 5.24. The molecule has 15 heavy (non-hydrogen) atoms. The van der Waals surface area contributed by atoms with Crippen molar-refractivity contribution in [3.05, 3.63) is 24.5 Å². The second-order valence-corrected chi connectivity index (χ2v) is 3.41. The van der Waals surface area contributed by atoms with Crippen LogP contribution in [0.2, 0.25) is 0 Å². The van der Waals surface area contributed by atoms with Crippen molar-refractivity contribution >= 4 is 6.20 Å². The molecule has 0 aromatic carbocycles. The summed E-state index contributed by atoms with van der Waals surface area (Å²) in [6, 6.07) is 0. The van der Waals surface area contributed by atoms with Crippen LogP contribution in [0.25, 0.3) is 6.20 Å². The molecule has 4 nitrogen and oxygen atoms in total. The highest BCUT2D eigenvalue weighted by Gasteiger charge is 2.00. The van der Waals surface area contributed by atoms with E-state index in [4.69, 9.17) is 4.74 Å². The summed E-state index contributed by atoms with van der Waals surface area (Å²) in [5, 5.41) is 7.41. The third kappa shape index (κ3) is 4.27. The zero-order valence-electron chi connectivity index (χ0n) is 9.44. The minimum absolute atomic E-state index is 0.254. The molecule has 0 saturated carbocycles. The lowest BCUT2D eigenvalue weighted by Crippen LogP contribution is -2.26. The monoisotopic (exact) mass is 209 g/mol. The highest BCUT2D eigenvalue weighted by atomic mass is 16.5. The first-order chi connectivity index (χ1) is 7.26. The Morgan fingerprint density at radius 1 is 1.73 bits per heavy atom. The minimum atomic E-state index is 0.254. The van der Waals surface area contributed by atoms with E-state index in [1.807, 2.05) is 19.3 Å². The second kappa shape index (κ2) is 6.37. The van der Waals surface area contributed by atoms with Gasteiger partial charge in [0.25, 0.3) is 0 Å². The van der Waals surface area contributed by atoms with E-state index in [1.165, 1.54) is 0 Å². The molecule has 0 fully saturated rings. The van der Waals surface area contributed by atoms with E-state index >= 15 is 0 Å². The van der Waals surface area contributed by atoms with Crippen molar-refractivity contribution in [1.82, 2.24) is 15.1 Å². The molecule has 1 heterocycles. The molecule has 0 amide bonds. The maximum absolute atomic E-state index is 5.41. The molecule has 84 valence electrons. The average molecular weight is 209 g/mol. The SMILES string of the molecule is C=Cn1cc(CNCC(C)OCC)cn1. The lowest BCUT2D eigenvalue weighted by molar-refractivity contribution is 0.0759. The molecule has 1 atom stereocenters. The van der Waals surface area contributed by atoms with E-state index in [2.05, 4.69) is 23.9 Å². The number of nitrogens with zero attached hydrogens (tertiary/aromatic N) is 2. The van der Waals surface area contributed by atoms with Crippen molar-refractivity contribution in [1.29, 1.82) is 0 Å². The molecule has 0 radical (unpaired) electrons. The van der Waals surface area contributed by atoms with Crippen LogP contribution in [0.3, 0.4) is 0 Å². The van der Waals surface area contributed by atoms with Gasteiger partial charge >= 0.3 is 0 Å². The Morgan fingerprint density at radius 2 is 2.53 bits per heavy atom. The van der Waals surface area contributed by atoms with Crippen LogP contribution in [-0.4, -0.2) is 29.0 Å². The van der Waals surface area contributed by atoms with E-state index < -0.39 is 0 Å². The number of aromatic nitrogens is 2. The van der Waals surface area contributed by atoms with E-state index in [1.54, 1.807) is 10.9 Å². The van der Waals surface area contributed by atoms with Crippen LogP contribution in [0.1, 0.15) is 19.4 Å². The molecule has 0 spiro atoms. The van der Waals surface area contributed by atoms with Gasteiger partial charge in [-0.1, -0.05) is 6.58 Å². The number of rotatable bonds is 7. The molecule has 1 rings (SSSR count). The maximum Gasteiger partial charge on any atom is 0.0671 e. The minimum Gasteiger partial charge on any atom is -0.377 e. The summed E-state index contributed by atoms with van der Waals surface area (Å²) < 4.78 is 7.10. The largest absolute Gasteiger partial charge is 0.377 e. The molecule has 0 saturated heterocycles. The standard InChI is InChI=1S/C11H19N3O/c1-4-14-9-11(8-13-14)7-12-6-10(3)15-5-2/h4,8-10,12H,1,5-7H2,2-3H3. The van der Waals surface area contributed by atoms with Gasteiger partial charge < -0.3 is 10.1 Å². The molecule has 1 unspecified atom stereocenters. The summed E-state index contributed by atoms with van der Waals surface area (Å²) >= 11 is 0. The predicted octanol–water partition coefficient (Wildman–Crippen LogP) is 1.50. The third-order valence-corrected chi connectivity index (χ3v) is 2.05. The van der Waals surface area contributed by atoms with Gasteiger partial charge in [0.2, 0.25) is 0 Å². The quantitative estimate of drug-likeness (QED) is 0.739. The van der Waals surface area contributed by atoms with Crippen molar-refractivity contribution in [2.75, 3.05) is 13.2 Å². The topological polar surface area (TPSA) is 39.1 Å². The molecule has 4 heteroatoms. The zero-order chi connectivity index (χ0) is 11.1. The zero-order valence-corrected chi connectivity index (χ0v) is 9.44. The Balaban J connectivity index is 2.22. The summed E-state index contributed by atoms with van der Waals surface area (Å²) in [7, 11) is 0. The number of hydrogen-bond donors (Lipinski definition) is 1. The van der Waals surface area contributed by atoms with Gasteiger partial charge in [0, 0.05) is 37.7 Å². The number of nitrogens with one attached hydrogen (secondary N) is 1. The van der Waals surface area contributed by atoms with Crippen molar-refractivity contribution < 1.29 is 4.74 Å². The van der Waals surface area contributed by atoms with Crippen LogP contribution in [0.15, 0.2) is 19.0 Å². The van der Waals surface area contributed by atoms with E-state index in [-0.39, 0.29) is 6.10 Å². The molecular formula is C11H19N3O. The average Bonchev–Trinajstić information content (AvgIpc) is 2.66. The van der Waals surface area contributed by atoms with Crippen LogP contribution < -0.4 is 5.32 Å².